The number of amides is 1. The number of halogens is 6. The number of methoxy groups -OCH3 is 1. The molecule has 0 radical (unpaired) electrons. The second-order valence-electron chi connectivity index (χ2n) is 9.21. The lowest BCUT2D eigenvalue weighted by atomic mass is 10.1. The van der Waals surface area contributed by atoms with Gasteiger partial charge in [-0.1, -0.05) is 24.3 Å². The molecular weight excluding hydrogens is 546 g/mol. The largest absolute Gasteiger partial charge is 0.465 e. The van der Waals surface area contributed by atoms with Gasteiger partial charge in [0.2, 0.25) is 0 Å². The summed E-state index contributed by atoms with van der Waals surface area (Å²) >= 11 is 0. The van der Waals surface area contributed by atoms with E-state index < -0.39 is 59.7 Å². The molecule has 0 saturated heterocycles. The van der Waals surface area contributed by atoms with Crippen molar-refractivity contribution in [1.29, 1.82) is 0 Å². The van der Waals surface area contributed by atoms with Gasteiger partial charge in [-0.05, 0) is 42.3 Å². The third-order valence-electron chi connectivity index (χ3n) is 6.48. The zero-order valence-electron chi connectivity index (χ0n) is 21.2. The van der Waals surface area contributed by atoms with Gasteiger partial charge in [0.05, 0.1) is 36.9 Å². The molecule has 214 valence electrons. The van der Waals surface area contributed by atoms with Crippen molar-refractivity contribution >= 4 is 17.7 Å². The SMILES string of the molecule is COC(=O)c1ccc(C(C)NC(=O)c2c(C(F)(F)F)nn3c2N(Cc2cccc(C(F)(F)F)c2)CC3CO)cc1. The van der Waals surface area contributed by atoms with Crippen LogP contribution in [0.25, 0.3) is 0 Å². The molecule has 8 nitrogen and oxygen atoms in total. The maximum Gasteiger partial charge on any atom is 0.436 e. The van der Waals surface area contributed by atoms with Gasteiger partial charge in [-0.2, -0.15) is 31.4 Å². The van der Waals surface area contributed by atoms with E-state index in [1.807, 2.05) is 0 Å². The number of rotatable bonds is 7. The van der Waals surface area contributed by atoms with E-state index in [9.17, 15) is 41.0 Å². The second kappa shape index (κ2) is 10.8. The lowest BCUT2D eigenvalue weighted by Crippen LogP contribution is -2.31. The third-order valence-corrected chi connectivity index (χ3v) is 6.48. The van der Waals surface area contributed by atoms with Gasteiger partial charge >= 0.3 is 18.3 Å². The van der Waals surface area contributed by atoms with Crippen molar-refractivity contribution in [3.63, 3.8) is 0 Å². The molecule has 1 amide bonds. The second-order valence-corrected chi connectivity index (χ2v) is 9.21. The summed E-state index contributed by atoms with van der Waals surface area (Å²) in [5.74, 6) is -1.98. The number of hydrogen-bond acceptors (Lipinski definition) is 6. The standard InChI is InChI=1S/C26H24F6N4O4/c1-14(16-6-8-17(9-7-16)24(39)40-2)33-22(38)20-21(26(30,31)32)34-36-19(13-37)12-35(23(20)36)11-15-4-3-5-18(10-15)25(27,28)29/h3-10,14,19,37H,11-13H2,1-2H3,(H,33,38). The topological polar surface area (TPSA) is 96.7 Å². The number of hydrogen-bond donors (Lipinski definition) is 2. The molecule has 14 heteroatoms. The molecule has 2 atom stereocenters. The number of carbonyl (C=O) groups is 2. The number of nitrogens with one attached hydrogen (secondary N) is 1. The van der Waals surface area contributed by atoms with Gasteiger partial charge in [-0.15, -0.1) is 0 Å². The minimum Gasteiger partial charge on any atom is -0.465 e. The smallest absolute Gasteiger partial charge is 0.436 e. The number of aliphatic hydroxyl groups is 1. The highest BCUT2D eigenvalue weighted by Crippen LogP contribution is 2.41. The molecule has 2 aromatic carbocycles. The summed E-state index contributed by atoms with van der Waals surface area (Å²) in [5.41, 5.74) is -2.38. The fraction of sp³-hybridized carbons (Fsp3) is 0.346. The summed E-state index contributed by atoms with van der Waals surface area (Å²) < 4.78 is 87.3. The number of esters is 1. The number of aliphatic hydroxyl groups excluding tert-OH is 1. The number of nitrogens with zero attached hydrogens (tertiary/aromatic N) is 3. The first-order valence-electron chi connectivity index (χ1n) is 11.9. The number of ether oxygens (including phenoxy) is 1. The van der Waals surface area contributed by atoms with Gasteiger partial charge in [-0.3, -0.25) is 4.79 Å². The van der Waals surface area contributed by atoms with Crippen LogP contribution in [0.3, 0.4) is 0 Å². The van der Waals surface area contributed by atoms with E-state index in [1.165, 1.54) is 55.3 Å². The Bertz CT molecular complexity index is 1400. The summed E-state index contributed by atoms with van der Waals surface area (Å²) in [6.07, 6.45) is -9.67. The van der Waals surface area contributed by atoms with Crippen LogP contribution in [0.4, 0.5) is 32.2 Å². The minimum absolute atomic E-state index is 0.0853. The summed E-state index contributed by atoms with van der Waals surface area (Å²) in [4.78, 5) is 26.3. The molecule has 0 fully saturated rings. The predicted molar refractivity (Wildman–Crippen MR) is 130 cm³/mol. The van der Waals surface area contributed by atoms with Crippen molar-refractivity contribution in [3.05, 3.63) is 82.0 Å². The quantitative estimate of drug-likeness (QED) is 0.315. The average molecular weight is 570 g/mol. The lowest BCUT2D eigenvalue weighted by molar-refractivity contribution is -0.142. The molecule has 0 bridgehead atoms. The van der Waals surface area contributed by atoms with Crippen LogP contribution in [-0.2, 0) is 23.6 Å². The Morgan fingerprint density at radius 2 is 1.77 bits per heavy atom. The van der Waals surface area contributed by atoms with Gasteiger partial charge in [0.25, 0.3) is 5.91 Å². The highest BCUT2D eigenvalue weighted by molar-refractivity contribution is 6.01. The number of benzene rings is 2. The molecule has 2 unspecified atom stereocenters. The molecule has 2 heterocycles. The maximum absolute atomic E-state index is 14.0. The Labute approximate surface area is 224 Å². The Kier molecular flexibility index (Phi) is 7.83. The number of alkyl halides is 6. The fourth-order valence-corrected chi connectivity index (χ4v) is 4.53. The predicted octanol–water partition coefficient (Wildman–Crippen LogP) is 4.75. The van der Waals surface area contributed by atoms with E-state index in [1.54, 1.807) is 0 Å². The van der Waals surface area contributed by atoms with Crippen LogP contribution in [0.2, 0.25) is 0 Å². The van der Waals surface area contributed by atoms with Gasteiger partial charge in [0, 0.05) is 13.1 Å². The van der Waals surface area contributed by atoms with Crippen LogP contribution in [0.15, 0.2) is 48.5 Å². The van der Waals surface area contributed by atoms with E-state index >= 15 is 0 Å². The molecule has 1 aromatic heterocycles. The van der Waals surface area contributed by atoms with Crippen LogP contribution < -0.4 is 10.2 Å². The number of aromatic nitrogens is 2. The van der Waals surface area contributed by atoms with Crippen molar-refractivity contribution in [1.82, 2.24) is 15.1 Å². The van der Waals surface area contributed by atoms with Gasteiger partial charge < -0.3 is 20.1 Å². The van der Waals surface area contributed by atoms with Crippen LogP contribution >= 0.6 is 0 Å². The summed E-state index contributed by atoms with van der Waals surface area (Å²) in [6, 6.07) is 8.42. The van der Waals surface area contributed by atoms with Crippen LogP contribution in [-0.4, -0.2) is 47.0 Å². The number of fused-ring (bicyclic) bond motifs is 1. The van der Waals surface area contributed by atoms with Gasteiger partial charge in [-0.25, -0.2) is 9.48 Å². The van der Waals surface area contributed by atoms with E-state index in [0.29, 0.717) is 5.56 Å². The first kappa shape index (κ1) is 28.9. The molecule has 2 N–H and O–H groups in total. The molecular formula is C26H24F6N4O4. The zero-order chi connectivity index (χ0) is 29.4. The Balaban J connectivity index is 1.69. The first-order valence-corrected chi connectivity index (χ1v) is 11.9. The summed E-state index contributed by atoms with van der Waals surface area (Å²) in [7, 11) is 1.21. The molecule has 1 aliphatic heterocycles. The van der Waals surface area contributed by atoms with Crippen LogP contribution in [0.1, 0.15) is 62.1 Å². The van der Waals surface area contributed by atoms with E-state index in [2.05, 4.69) is 15.2 Å². The Hall–Kier alpha value is -4.07. The average Bonchev–Trinajstić information content (AvgIpc) is 3.46. The third kappa shape index (κ3) is 5.76. The minimum atomic E-state index is -5.04. The van der Waals surface area contributed by atoms with E-state index in [4.69, 9.17) is 0 Å². The van der Waals surface area contributed by atoms with Crippen molar-refractivity contribution in [2.24, 2.45) is 0 Å². The first-order chi connectivity index (χ1) is 18.7. The van der Waals surface area contributed by atoms with Crippen molar-refractivity contribution in [3.8, 4) is 0 Å². The lowest BCUT2D eigenvalue weighted by Gasteiger charge is -2.22. The summed E-state index contributed by atoms with van der Waals surface area (Å²) in [6.45, 7) is 0.556. The van der Waals surface area contributed by atoms with Crippen molar-refractivity contribution < 1.29 is 45.8 Å². The molecule has 0 aliphatic carbocycles. The number of anilines is 1. The Morgan fingerprint density at radius 3 is 2.35 bits per heavy atom. The van der Waals surface area contributed by atoms with Crippen LogP contribution in [0, 0.1) is 0 Å². The normalized spacial score (nSPS) is 16.0. The number of carbonyl (C=O) groups excluding carboxylic acids is 2. The van der Waals surface area contributed by atoms with E-state index in [0.717, 1.165) is 16.8 Å². The van der Waals surface area contributed by atoms with Crippen molar-refractivity contribution in [2.75, 3.05) is 25.2 Å². The Morgan fingerprint density at radius 1 is 1.10 bits per heavy atom. The summed E-state index contributed by atoms with van der Waals surface area (Å²) in [5, 5.41) is 15.9. The van der Waals surface area contributed by atoms with Gasteiger partial charge in [0.1, 0.15) is 11.4 Å². The fourth-order valence-electron chi connectivity index (χ4n) is 4.53. The molecule has 4 rings (SSSR count). The molecule has 40 heavy (non-hydrogen) atoms. The highest BCUT2D eigenvalue weighted by atomic mass is 19.4. The van der Waals surface area contributed by atoms with Crippen LogP contribution in [0.5, 0.6) is 0 Å². The zero-order valence-corrected chi connectivity index (χ0v) is 21.2. The van der Waals surface area contributed by atoms with E-state index in [-0.39, 0.29) is 30.0 Å². The monoisotopic (exact) mass is 570 g/mol. The maximum atomic E-state index is 14.0. The molecule has 1 aliphatic rings. The highest BCUT2D eigenvalue weighted by Gasteiger charge is 2.46. The molecule has 0 saturated carbocycles. The van der Waals surface area contributed by atoms with Gasteiger partial charge in [0.15, 0.2) is 5.69 Å². The molecule has 0 spiro atoms. The molecule has 3 aromatic rings. The van der Waals surface area contributed by atoms with Crippen molar-refractivity contribution in [2.45, 2.75) is 37.9 Å².